The van der Waals surface area contributed by atoms with Crippen LogP contribution in [0.1, 0.15) is 219 Å². The van der Waals surface area contributed by atoms with Crippen molar-refractivity contribution in [3.63, 3.8) is 0 Å². The van der Waals surface area contributed by atoms with Crippen molar-refractivity contribution in [1.29, 1.82) is 0 Å². The molecule has 8 nitrogen and oxygen atoms in total. The van der Waals surface area contributed by atoms with E-state index in [2.05, 4.69) is 19.2 Å². The lowest BCUT2D eigenvalue weighted by atomic mass is 10.0. The molecule has 0 aromatic carbocycles. The first-order valence-electron chi connectivity index (χ1n) is 22.4. The summed E-state index contributed by atoms with van der Waals surface area (Å²) < 4.78 is 23.6. The molecule has 3 atom stereocenters. The summed E-state index contributed by atoms with van der Waals surface area (Å²) in [5.74, 6) is -0.141. The first kappa shape index (κ1) is 51.5. The molecule has 0 aliphatic heterocycles. The van der Waals surface area contributed by atoms with Crippen molar-refractivity contribution in [3.8, 4) is 0 Å². The third-order valence-corrected chi connectivity index (χ3v) is 11.3. The second-order valence-corrected chi connectivity index (χ2v) is 18.2. The Morgan fingerprint density at radius 2 is 0.923 bits per heavy atom. The summed E-state index contributed by atoms with van der Waals surface area (Å²) in [6.07, 6.45) is 38.3. The quantitative estimate of drug-likeness (QED) is 0.0325. The van der Waals surface area contributed by atoms with Crippen LogP contribution < -0.4 is 5.32 Å². The molecule has 0 spiro atoms. The molecule has 0 fully saturated rings. The fraction of sp³-hybridized carbons (Fsp3) is 0.977. The van der Waals surface area contributed by atoms with Crippen LogP contribution in [0.15, 0.2) is 0 Å². The molecule has 0 rings (SSSR count). The highest BCUT2D eigenvalue weighted by Gasteiger charge is 2.28. The number of phosphoric acid groups is 1. The number of aliphatic hydroxyl groups is 1. The highest BCUT2D eigenvalue weighted by atomic mass is 31.2. The summed E-state index contributed by atoms with van der Waals surface area (Å²) >= 11 is 0. The Bertz CT molecular complexity index is 824. The zero-order valence-corrected chi connectivity index (χ0v) is 36.2. The highest BCUT2D eigenvalue weighted by molar-refractivity contribution is 7.47. The van der Waals surface area contributed by atoms with Crippen LogP contribution in [0, 0.1) is 0 Å². The number of hydrogen-bond acceptors (Lipinski definition) is 5. The van der Waals surface area contributed by atoms with Gasteiger partial charge in [0.2, 0.25) is 5.91 Å². The lowest BCUT2D eigenvalue weighted by Gasteiger charge is -2.26. The van der Waals surface area contributed by atoms with Crippen molar-refractivity contribution < 1.29 is 32.9 Å². The number of nitrogens with one attached hydrogen (secondary N) is 1. The Balaban J connectivity index is 4.31. The largest absolute Gasteiger partial charge is 0.472 e. The topological polar surface area (TPSA) is 105 Å². The molecule has 0 aliphatic carbocycles. The normalized spacial score (nSPS) is 14.4. The van der Waals surface area contributed by atoms with Gasteiger partial charge < -0.3 is 19.8 Å². The van der Waals surface area contributed by atoms with Crippen LogP contribution in [0.3, 0.4) is 0 Å². The van der Waals surface area contributed by atoms with Gasteiger partial charge in [-0.15, -0.1) is 0 Å². The predicted molar refractivity (Wildman–Crippen MR) is 222 cm³/mol. The van der Waals surface area contributed by atoms with E-state index in [0.717, 1.165) is 38.5 Å². The smallest absolute Gasteiger partial charge is 0.391 e. The van der Waals surface area contributed by atoms with E-state index < -0.39 is 20.0 Å². The van der Waals surface area contributed by atoms with Crippen LogP contribution in [0.5, 0.6) is 0 Å². The number of unbranched alkanes of at least 4 members (excludes halogenated alkanes) is 28. The Morgan fingerprint density at radius 3 is 1.29 bits per heavy atom. The third kappa shape index (κ3) is 37.8. The average Bonchev–Trinajstić information content (AvgIpc) is 3.09. The van der Waals surface area contributed by atoms with E-state index in [9.17, 15) is 19.4 Å². The Kier molecular flexibility index (Phi) is 35.8. The minimum Gasteiger partial charge on any atom is -0.391 e. The fourth-order valence-electron chi connectivity index (χ4n) is 6.75. The van der Waals surface area contributed by atoms with E-state index in [1.165, 1.54) is 154 Å². The maximum absolute atomic E-state index is 12.9. The SMILES string of the molecule is CCCCCCCCCCCCCCCCCCCC(=O)N[C@H](COP(=O)(O)OCC[N+](C)(C)C)[C@@H](O)CCCCCCCCCCCCCCC. The van der Waals surface area contributed by atoms with Gasteiger partial charge in [0, 0.05) is 6.42 Å². The number of carbonyl (C=O) groups excluding carboxylic acids is 1. The summed E-state index contributed by atoms with van der Waals surface area (Å²) in [4.78, 5) is 23.1. The monoisotopic (exact) mass is 762 g/mol. The molecule has 0 saturated carbocycles. The number of aliphatic hydroxyl groups excluding tert-OH is 1. The van der Waals surface area contributed by atoms with E-state index in [-0.39, 0.29) is 19.1 Å². The van der Waals surface area contributed by atoms with Crippen LogP contribution >= 0.6 is 7.82 Å². The highest BCUT2D eigenvalue weighted by Crippen LogP contribution is 2.43. The number of amides is 1. The van der Waals surface area contributed by atoms with Gasteiger partial charge in [0.25, 0.3) is 0 Å². The summed E-state index contributed by atoms with van der Waals surface area (Å²) in [5.41, 5.74) is 0. The summed E-state index contributed by atoms with van der Waals surface area (Å²) in [7, 11) is 1.63. The van der Waals surface area contributed by atoms with Crippen molar-refractivity contribution in [1.82, 2.24) is 5.32 Å². The van der Waals surface area contributed by atoms with E-state index in [1.54, 1.807) is 0 Å². The van der Waals surface area contributed by atoms with Gasteiger partial charge in [-0.05, 0) is 12.8 Å². The molecule has 1 amide bonds. The van der Waals surface area contributed by atoms with Crippen LogP contribution in [-0.4, -0.2) is 73.4 Å². The Hall–Kier alpha value is -0.500. The standard InChI is InChI=1S/C43H89N2O6P/c1-6-8-10-12-14-16-18-20-21-22-23-25-27-29-31-33-35-37-43(47)44-41(40-51-52(48,49)50-39-38-45(3,4)5)42(46)36-34-32-30-28-26-24-19-17-15-13-11-9-7-2/h41-42,46H,6-40H2,1-5H3,(H-,44,47,48,49)/p+1/t41-,42+/m1/s1. The van der Waals surface area contributed by atoms with E-state index in [0.29, 0.717) is 23.9 Å². The van der Waals surface area contributed by atoms with E-state index >= 15 is 0 Å². The van der Waals surface area contributed by atoms with Gasteiger partial charge >= 0.3 is 7.82 Å². The summed E-state index contributed by atoms with van der Waals surface area (Å²) in [5, 5.41) is 13.9. The zero-order valence-electron chi connectivity index (χ0n) is 35.3. The number of rotatable bonds is 41. The van der Waals surface area contributed by atoms with Gasteiger partial charge in [0.05, 0.1) is 39.9 Å². The van der Waals surface area contributed by atoms with E-state index in [4.69, 9.17) is 9.05 Å². The molecule has 1 unspecified atom stereocenters. The minimum atomic E-state index is -4.30. The first-order chi connectivity index (χ1) is 25.0. The lowest BCUT2D eigenvalue weighted by Crippen LogP contribution is -2.46. The van der Waals surface area contributed by atoms with E-state index in [1.807, 2.05) is 21.1 Å². The number of nitrogens with zero attached hydrogens (tertiary/aromatic N) is 1. The molecule has 0 aromatic rings. The van der Waals surface area contributed by atoms with Gasteiger partial charge in [-0.25, -0.2) is 4.57 Å². The summed E-state index contributed by atoms with van der Waals surface area (Å²) in [6, 6.07) is -0.752. The lowest BCUT2D eigenvalue weighted by molar-refractivity contribution is -0.870. The minimum absolute atomic E-state index is 0.0785. The van der Waals surface area contributed by atoms with Crippen LogP contribution in [0.2, 0.25) is 0 Å². The van der Waals surface area contributed by atoms with Gasteiger partial charge in [-0.2, -0.15) is 0 Å². The molecule has 0 aliphatic rings. The molecule has 52 heavy (non-hydrogen) atoms. The zero-order chi connectivity index (χ0) is 38.6. The fourth-order valence-corrected chi connectivity index (χ4v) is 7.49. The second kappa shape index (κ2) is 36.2. The van der Waals surface area contributed by atoms with Crippen molar-refractivity contribution in [3.05, 3.63) is 0 Å². The number of hydrogen-bond donors (Lipinski definition) is 3. The van der Waals surface area contributed by atoms with Crippen molar-refractivity contribution in [2.75, 3.05) is 40.9 Å². The third-order valence-electron chi connectivity index (χ3n) is 10.4. The number of phosphoric ester groups is 1. The maximum atomic E-state index is 12.9. The van der Waals surface area contributed by atoms with Gasteiger partial charge in [-0.3, -0.25) is 13.8 Å². The molecule has 0 bridgehead atoms. The summed E-state index contributed by atoms with van der Waals surface area (Å²) in [6.45, 7) is 4.90. The molecule has 9 heteroatoms. The van der Waals surface area contributed by atoms with Crippen LogP contribution in [-0.2, 0) is 18.4 Å². The average molecular weight is 762 g/mol. The second-order valence-electron chi connectivity index (χ2n) is 16.8. The van der Waals surface area contributed by atoms with Crippen molar-refractivity contribution in [2.24, 2.45) is 0 Å². The van der Waals surface area contributed by atoms with Gasteiger partial charge in [-0.1, -0.05) is 200 Å². The van der Waals surface area contributed by atoms with Crippen molar-refractivity contribution in [2.45, 2.75) is 231 Å². The Labute approximate surface area is 323 Å². The van der Waals surface area contributed by atoms with Gasteiger partial charge in [0.15, 0.2) is 0 Å². The molecule has 3 N–H and O–H groups in total. The molecule has 0 saturated heterocycles. The molecule has 0 radical (unpaired) electrons. The molecule has 312 valence electrons. The van der Waals surface area contributed by atoms with Crippen LogP contribution in [0.25, 0.3) is 0 Å². The maximum Gasteiger partial charge on any atom is 0.472 e. The van der Waals surface area contributed by atoms with Crippen LogP contribution in [0.4, 0.5) is 0 Å². The Morgan fingerprint density at radius 1 is 0.577 bits per heavy atom. The predicted octanol–water partition coefficient (Wildman–Crippen LogP) is 12.2. The molecular formula is C43H90N2O6P+. The molecule has 0 heterocycles. The number of likely N-dealkylation sites (N-methyl/N-ethyl adjacent to an activating group) is 1. The molecular weight excluding hydrogens is 671 g/mol. The molecule has 0 aromatic heterocycles. The van der Waals surface area contributed by atoms with Gasteiger partial charge in [0.1, 0.15) is 13.2 Å². The number of carbonyl (C=O) groups is 1. The van der Waals surface area contributed by atoms with Crippen molar-refractivity contribution >= 4 is 13.7 Å². The first-order valence-corrected chi connectivity index (χ1v) is 23.9. The number of quaternary nitrogens is 1.